The highest BCUT2D eigenvalue weighted by atomic mass is 32.2. The van der Waals surface area contributed by atoms with Gasteiger partial charge in [0.05, 0.1) is 5.75 Å². The molecule has 1 saturated carbocycles. The molecule has 6 heteroatoms. The number of hydrogen-bond donors (Lipinski definition) is 0. The molecule has 0 spiro atoms. The highest BCUT2D eigenvalue weighted by Gasteiger charge is 2.35. The van der Waals surface area contributed by atoms with Gasteiger partial charge in [0, 0.05) is 22.8 Å². The molecule has 0 N–H and O–H groups in total. The highest BCUT2D eigenvalue weighted by molar-refractivity contribution is 8.00. The zero-order chi connectivity index (χ0) is 18.4. The minimum atomic E-state index is 0.313. The van der Waals surface area contributed by atoms with Crippen LogP contribution in [-0.4, -0.2) is 39.1 Å². The number of thiophene rings is 1. The molecule has 2 aromatic rings. The molecule has 1 saturated heterocycles. The van der Waals surface area contributed by atoms with Gasteiger partial charge in [-0.15, -0.1) is 11.3 Å². The summed E-state index contributed by atoms with van der Waals surface area (Å²) in [5, 5.41) is 2.27. The SMILES string of the molecule is Cc1nc(SCC(=O)N2CCC[C@H]3CCCC[C@H]32)c2c3c(sc2n1)CCC3. The predicted molar refractivity (Wildman–Crippen MR) is 112 cm³/mol. The molecule has 144 valence electrons. The molecule has 3 heterocycles. The molecule has 2 aliphatic carbocycles. The molecule has 2 fully saturated rings. The van der Waals surface area contributed by atoms with Crippen molar-refractivity contribution >= 4 is 39.2 Å². The molecular weight excluding hydrogens is 374 g/mol. The Morgan fingerprint density at radius 1 is 1.15 bits per heavy atom. The number of aryl methyl sites for hydroxylation is 3. The molecule has 27 heavy (non-hydrogen) atoms. The molecule has 2 aromatic heterocycles. The quantitative estimate of drug-likeness (QED) is 0.549. The monoisotopic (exact) mass is 401 g/mol. The summed E-state index contributed by atoms with van der Waals surface area (Å²) in [5.74, 6) is 2.39. The molecule has 5 rings (SSSR count). The fourth-order valence-corrected chi connectivity index (χ4v) is 7.67. The zero-order valence-electron chi connectivity index (χ0n) is 16.0. The van der Waals surface area contributed by atoms with Crippen molar-refractivity contribution in [1.29, 1.82) is 0 Å². The van der Waals surface area contributed by atoms with Gasteiger partial charge in [-0.2, -0.15) is 0 Å². The Kier molecular flexibility index (Phi) is 4.88. The van der Waals surface area contributed by atoms with Crippen molar-refractivity contribution in [2.24, 2.45) is 5.92 Å². The molecule has 0 unspecified atom stereocenters. The number of amides is 1. The molecule has 2 atom stereocenters. The van der Waals surface area contributed by atoms with Crippen LogP contribution < -0.4 is 0 Å². The van der Waals surface area contributed by atoms with Crippen LogP contribution in [-0.2, 0) is 17.6 Å². The Balaban J connectivity index is 1.36. The summed E-state index contributed by atoms with van der Waals surface area (Å²) in [4.78, 5) is 27.3. The number of aromatic nitrogens is 2. The van der Waals surface area contributed by atoms with Crippen LogP contribution in [0.3, 0.4) is 0 Å². The van der Waals surface area contributed by atoms with Crippen LogP contribution in [0.4, 0.5) is 0 Å². The molecule has 0 radical (unpaired) electrons. The third-order valence-electron chi connectivity index (χ3n) is 6.54. The molecule has 0 bridgehead atoms. The van der Waals surface area contributed by atoms with Crippen LogP contribution in [0.25, 0.3) is 10.2 Å². The third-order valence-corrected chi connectivity index (χ3v) is 8.69. The van der Waals surface area contributed by atoms with Crippen molar-refractivity contribution in [2.45, 2.75) is 75.8 Å². The van der Waals surface area contributed by atoms with Crippen molar-refractivity contribution in [1.82, 2.24) is 14.9 Å². The van der Waals surface area contributed by atoms with Crippen molar-refractivity contribution in [3.63, 3.8) is 0 Å². The number of likely N-dealkylation sites (tertiary alicyclic amines) is 1. The standard InChI is InChI=1S/C21H27N3OS2/c1-13-22-20(19-15-8-4-10-17(15)27-21(19)23-13)26-12-18(25)24-11-5-7-14-6-2-3-9-16(14)24/h14,16H,2-12H2,1H3/t14-,16-/m1/s1. The minimum absolute atomic E-state index is 0.313. The van der Waals surface area contributed by atoms with E-state index in [4.69, 9.17) is 4.98 Å². The summed E-state index contributed by atoms with van der Waals surface area (Å²) in [6.45, 7) is 2.92. The maximum Gasteiger partial charge on any atom is 0.233 e. The van der Waals surface area contributed by atoms with Crippen molar-refractivity contribution in [2.75, 3.05) is 12.3 Å². The highest BCUT2D eigenvalue weighted by Crippen LogP contribution is 2.41. The first-order valence-corrected chi connectivity index (χ1v) is 12.2. The van der Waals surface area contributed by atoms with Gasteiger partial charge < -0.3 is 4.90 Å². The third kappa shape index (κ3) is 3.29. The van der Waals surface area contributed by atoms with Gasteiger partial charge in [0.1, 0.15) is 15.7 Å². The smallest absolute Gasteiger partial charge is 0.233 e. The van der Waals surface area contributed by atoms with Crippen LogP contribution in [0.1, 0.15) is 61.2 Å². The van der Waals surface area contributed by atoms with Gasteiger partial charge in [-0.3, -0.25) is 4.79 Å². The summed E-state index contributed by atoms with van der Waals surface area (Å²) in [6, 6.07) is 0.498. The molecular formula is C21H27N3OS2. The summed E-state index contributed by atoms with van der Waals surface area (Å²) >= 11 is 3.47. The number of carbonyl (C=O) groups excluding carboxylic acids is 1. The number of thioether (sulfide) groups is 1. The van der Waals surface area contributed by atoms with Crippen LogP contribution in [0.2, 0.25) is 0 Å². The topological polar surface area (TPSA) is 46.1 Å². The van der Waals surface area contributed by atoms with E-state index < -0.39 is 0 Å². The lowest BCUT2D eigenvalue weighted by Crippen LogP contribution is -2.50. The Hall–Kier alpha value is -1.14. The second kappa shape index (κ2) is 7.36. The Labute approximate surface area is 169 Å². The molecule has 4 nitrogen and oxygen atoms in total. The lowest BCUT2D eigenvalue weighted by molar-refractivity contribution is -0.134. The first-order chi connectivity index (χ1) is 13.2. The average Bonchev–Trinajstić information content (AvgIpc) is 3.26. The van der Waals surface area contributed by atoms with Crippen molar-refractivity contribution in [3.8, 4) is 0 Å². The largest absolute Gasteiger partial charge is 0.339 e. The molecule has 1 amide bonds. The lowest BCUT2D eigenvalue weighted by atomic mass is 9.78. The Morgan fingerprint density at radius 3 is 2.93 bits per heavy atom. The zero-order valence-corrected chi connectivity index (χ0v) is 17.6. The number of nitrogens with zero attached hydrogens (tertiary/aromatic N) is 3. The minimum Gasteiger partial charge on any atom is -0.339 e. The van der Waals surface area contributed by atoms with E-state index in [2.05, 4.69) is 9.88 Å². The van der Waals surface area contributed by atoms with Gasteiger partial charge in [0.25, 0.3) is 0 Å². The van der Waals surface area contributed by atoms with E-state index in [1.54, 1.807) is 11.8 Å². The van der Waals surface area contributed by atoms with Crippen molar-refractivity contribution < 1.29 is 4.79 Å². The van der Waals surface area contributed by atoms with Gasteiger partial charge in [0.15, 0.2) is 0 Å². The van der Waals surface area contributed by atoms with E-state index in [1.807, 2.05) is 18.3 Å². The summed E-state index contributed by atoms with van der Waals surface area (Å²) in [7, 11) is 0. The van der Waals surface area contributed by atoms with Gasteiger partial charge >= 0.3 is 0 Å². The van der Waals surface area contributed by atoms with Crippen LogP contribution in [0.5, 0.6) is 0 Å². The van der Waals surface area contributed by atoms with E-state index in [0.717, 1.165) is 34.6 Å². The number of rotatable bonds is 3. The molecule has 1 aliphatic heterocycles. The number of carbonyl (C=O) groups is 1. The Bertz CT molecular complexity index is 876. The van der Waals surface area contributed by atoms with E-state index in [1.165, 1.54) is 67.2 Å². The molecule has 0 aromatic carbocycles. The number of hydrogen-bond acceptors (Lipinski definition) is 5. The normalized spacial score (nSPS) is 24.9. The van der Waals surface area contributed by atoms with Crippen LogP contribution in [0.15, 0.2) is 5.03 Å². The van der Waals surface area contributed by atoms with E-state index in [-0.39, 0.29) is 0 Å². The average molecular weight is 402 g/mol. The van der Waals surface area contributed by atoms with Gasteiger partial charge in [-0.1, -0.05) is 24.6 Å². The maximum atomic E-state index is 13.1. The van der Waals surface area contributed by atoms with Gasteiger partial charge in [-0.25, -0.2) is 9.97 Å². The second-order valence-electron chi connectivity index (χ2n) is 8.24. The van der Waals surface area contributed by atoms with Crippen LogP contribution >= 0.6 is 23.1 Å². The van der Waals surface area contributed by atoms with Gasteiger partial charge in [-0.05, 0) is 63.4 Å². The van der Waals surface area contributed by atoms with Crippen molar-refractivity contribution in [3.05, 3.63) is 16.3 Å². The first-order valence-electron chi connectivity index (χ1n) is 10.4. The molecule has 3 aliphatic rings. The number of piperidine rings is 1. The van der Waals surface area contributed by atoms with E-state index in [9.17, 15) is 4.79 Å². The predicted octanol–water partition coefficient (Wildman–Crippen LogP) is 4.76. The summed E-state index contributed by atoms with van der Waals surface area (Å²) < 4.78 is 0. The lowest BCUT2D eigenvalue weighted by Gasteiger charge is -2.44. The maximum absolute atomic E-state index is 13.1. The van der Waals surface area contributed by atoms with E-state index in [0.29, 0.717) is 17.7 Å². The van der Waals surface area contributed by atoms with E-state index >= 15 is 0 Å². The number of fused-ring (bicyclic) bond motifs is 4. The van der Waals surface area contributed by atoms with Gasteiger partial charge in [0.2, 0.25) is 5.91 Å². The summed E-state index contributed by atoms with van der Waals surface area (Å²) in [5.41, 5.74) is 1.45. The van der Waals surface area contributed by atoms with Crippen LogP contribution in [0, 0.1) is 12.8 Å². The Morgan fingerprint density at radius 2 is 2.00 bits per heavy atom. The second-order valence-corrected chi connectivity index (χ2v) is 10.3. The fraction of sp³-hybridized carbons (Fsp3) is 0.667. The first kappa shape index (κ1) is 17.9. The summed E-state index contributed by atoms with van der Waals surface area (Å²) in [6.07, 6.45) is 11.2. The fourth-order valence-electron chi connectivity index (χ4n) is 5.32.